The molecule has 1 rings (SSSR count). The summed E-state index contributed by atoms with van der Waals surface area (Å²) in [7, 11) is -5.03. The number of carbonyl (C=O) groups excluding carboxylic acids is 1. The number of hydrogen-bond donors (Lipinski definition) is 6. The summed E-state index contributed by atoms with van der Waals surface area (Å²) in [4.78, 5) is 23.2. The fraction of sp³-hybridized carbons (Fsp3) is 0.750. The van der Waals surface area contributed by atoms with E-state index < -0.39 is 63.1 Å². The Hall–Kier alpha value is -2.22. The molecule has 6 atom stereocenters. The number of allylic oxidation sites excluding steroid dienone is 12. The highest BCUT2D eigenvalue weighted by molar-refractivity contribution is 7.47. The summed E-state index contributed by atoms with van der Waals surface area (Å²) >= 11 is 0. The van der Waals surface area contributed by atoms with Gasteiger partial charge in [-0.05, 0) is 77.0 Å². The summed E-state index contributed by atoms with van der Waals surface area (Å²) in [5.74, 6) is -0.494. The number of phosphoric ester groups is 1. The van der Waals surface area contributed by atoms with Crippen LogP contribution >= 0.6 is 7.82 Å². The van der Waals surface area contributed by atoms with E-state index in [2.05, 4.69) is 86.8 Å². The molecule has 12 nitrogen and oxygen atoms in total. The van der Waals surface area contributed by atoms with Gasteiger partial charge < -0.3 is 39.9 Å². The van der Waals surface area contributed by atoms with E-state index in [1.54, 1.807) is 0 Å². The molecule has 13 heteroatoms. The van der Waals surface area contributed by atoms with Gasteiger partial charge in [0.15, 0.2) is 0 Å². The Morgan fingerprint density at radius 3 is 1.38 bits per heavy atom. The third-order valence-corrected chi connectivity index (χ3v) is 12.3. The van der Waals surface area contributed by atoms with Crippen LogP contribution in [0.25, 0.3) is 0 Å². The smallest absolute Gasteiger partial charge is 0.457 e. The van der Waals surface area contributed by atoms with E-state index in [0.717, 1.165) is 103 Å². The number of carbonyl (C=O) groups is 1. The van der Waals surface area contributed by atoms with Crippen molar-refractivity contribution in [3.05, 3.63) is 72.9 Å². The maximum atomic E-state index is 12.8. The second-order valence-corrected chi connectivity index (χ2v) is 18.7. The largest absolute Gasteiger partial charge is 0.472 e. The van der Waals surface area contributed by atoms with Crippen LogP contribution in [-0.2, 0) is 27.9 Å². The third-order valence-electron chi connectivity index (χ3n) is 11.3. The molecule has 0 radical (unpaired) electrons. The van der Waals surface area contributed by atoms with Gasteiger partial charge in [-0.15, -0.1) is 0 Å². The minimum absolute atomic E-state index is 0.0878. The van der Waals surface area contributed by atoms with Crippen LogP contribution in [0.5, 0.6) is 0 Å². The van der Waals surface area contributed by atoms with Gasteiger partial charge in [-0.25, -0.2) is 4.57 Å². The minimum atomic E-state index is -5.03. The summed E-state index contributed by atoms with van der Waals surface area (Å²) in [5, 5.41) is 50.3. The molecule has 0 saturated heterocycles. The number of hydrogen-bond acceptors (Lipinski definition) is 11. The Kier molecular flexibility index (Phi) is 39.2. The molecule has 65 heavy (non-hydrogen) atoms. The highest BCUT2D eigenvalue weighted by Crippen LogP contribution is 2.47. The fourth-order valence-electron chi connectivity index (χ4n) is 7.30. The van der Waals surface area contributed by atoms with Crippen LogP contribution in [0.15, 0.2) is 72.9 Å². The van der Waals surface area contributed by atoms with E-state index in [1.165, 1.54) is 57.8 Å². The minimum Gasteiger partial charge on any atom is -0.457 e. The topological polar surface area (TPSA) is 192 Å². The summed E-state index contributed by atoms with van der Waals surface area (Å²) in [6.07, 6.45) is 42.5. The van der Waals surface area contributed by atoms with Crippen LogP contribution in [0.3, 0.4) is 0 Å². The summed E-state index contributed by atoms with van der Waals surface area (Å²) in [5.41, 5.74) is 0. The Morgan fingerprint density at radius 1 is 0.508 bits per heavy atom. The average Bonchev–Trinajstić information content (AvgIpc) is 3.29. The van der Waals surface area contributed by atoms with Gasteiger partial charge in [0.25, 0.3) is 0 Å². The van der Waals surface area contributed by atoms with E-state index in [4.69, 9.17) is 18.5 Å². The molecule has 0 spiro atoms. The van der Waals surface area contributed by atoms with Gasteiger partial charge in [0.05, 0.1) is 13.2 Å². The van der Waals surface area contributed by atoms with Gasteiger partial charge in [-0.2, -0.15) is 0 Å². The zero-order valence-corrected chi connectivity index (χ0v) is 41.2. The molecule has 0 aromatic carbocycles. The predicted molar refractivity (Wildman–Crippen MR) is 262 cm³/mol. The zero-order valence-electron chi connectivity index (χ0n) is 40.3. The summed E-state index contributed by atoms with van der Waals surface area (Å²) in [6.45, 7) is 4.08. The number of aliphatic hydroxyl groups excluding tert-OH is 5. The average molecular weight is 939 g/mol. The third kappa shape index (κ3) is 33.8. The normalized spacial score (nSPS) is 22.2. The lowest BCUT2D eigenvalue weighted by atomic mass is 9.85. The van der Waals surface area contributed by atoms with Crippen molar-refractivity contribution in [1.82, 2.24) is 0 Å². The van der Waals surface area contributed by atoms with Crippen LogP contribution in [0.4, 0.5) is 0 Å². The van der Waals surface area contributed by atoms with Crippen molar-refractivity contribution in [2.45, 2.75) is 230 Å². The van der Waals surface area contributed by atoms with Crippen LogP contribution in [0.1, 0.15) is 187 Å². The number of unbranched alkanes of at least 4 members (excludes halogenated alkanes) is 18. The monoisotopic (exact) mass is 939 g/mol. The number of phosphoric acid groups is 1. The van der Waals surface area contributed by atoms with Crippen molar-refractivity contribution in [1.29, 1.82) is 0 Å². The van der Waals surface area contributed by atoms with Gasteiger partial charge in [0, 0.05) is 13.0 Å². The lowest BCUT2D eigenvalue weighted by molar-refractivity contribution is -0.220. The molecular weight excluding hydrogens is 848 g/mol. The van der Waals surface area contributed by atoms with Crippen molar-refractivity contribution in [2.24, 2.45) is 0 Å². The Bertz CT molecular complexity index is 1350. The van der Waals surface area contributed by atoms with Crippen LogP contribution < -0.4 is 0 Å². The van der Waals surface area contributed by atoms with Gasteiger partial charge in [-0.3, -0.25) is 13.8 Å². The second kappa shape index (κ2) is 41.9. The lowest BCUT2D eigenvalue weighted by Crippen LogP contribution is -2.64. The van der Waals surface area contributed by atoms with E-state index in [1.807, 2.05) is 0 Å². The molecule has 0 aromatic heterocycles. The first-order chi connectivity index (χ1) is 31.5. The molecule has 0 aliphatic heterocycles. The number of aliphatic hydroxyl groups is 5. The molecule has 0 heterocycles. The van der Waals surface area contributed by atoms with Gasteiger partial charge in [0.2, 0.25) is 0 Å². The van der Waals surface area contributed by atoms with Crippen LogP contribution in [0, 0.1) is 0 Å². The predicted octanol–water partition coefficient (Wildman–Crippen LogP) is 11.1. The van der Waals surface area contributed by atoms with E-state index in [9.17, 15) is 39.8 Å². The number of ether oxygens (including phenoxy) is 2. The maximum absolute atomic E-state index is 12.8. The molecule has 1 aliphatic carbocycles. The fourth-order valence-corrected chi connectivity index (χ4v) is 8.28. The molecule has 1 fully saturated rings. The molecular formula is C52H91O12P. The molecule has 0 bridgehead atoms. The first-order valence-corrected chi connectivity index (χ1v) is 26.8. The van der Waals surface area contributed by atoms with Gasteiger partial charge in [0.1, 0.15) is 42.7 Å². The van der Waals surface area contributed by atoms with Crippen LogP contribution in [-0.4, -0.2) is 98.9 Å². The molecule has 1 saturated carbocycles. The SMILES string of the molecule is CC/C=C\C/C=C\C/C=C\C/C=C\CCCCCCCCCCCCCOCC(COP(=O)(O)OC1C(O)C(O)C(O)C(O)C1O)OC(=O)CCCCCCC/C=C\C/C=C\CCCC. The van der Waals surface area contributed by atoms with E-state index >= 15 is 0 Å². The van der Waals surface area contributed by atoms with E-state index in [-0.39, 0.29) is 13.0 Å². The first-order valence-electron chi connectivity index (χ1n) is 25.3. The molecule has 0 aromatic rings. The highest BCUT2D eigenvalue weighted by Gasteiger charge is 2.51. The second-order valence-electron chi connectivity index (χ2n) is 17.3. The Balaban J connectivity index is 2.32. The maximum Gasteiger partial charge on any atom is 0.472 e. The van der Waals surface area contributed by atoms with Crippen molar-refractivity contribution in [3.63, 3.8) is 0 Å². The summed E-state index contributed by atoms with van der Waals surface area (Å²) in [6, 6.07) is 0. The first kappa shape index (κ1) is 60.8. The van der Waals surface area contributed by atoms with Crippen molar-refractivity contribution in [3.8, 4) is 0 Å². The molecule has 6 unspecified atom stereocenters. The quantitative estimate of drug-likeness (QED) is 0.0147. The Labute approximate surface area is 393 Å². The lowest BCUT2D eigenvalue weighted by Gasteiger charge is -2.41. The van der Waals surface area contributed by atoms with Crippen LogP contribution in [0.2, 0.25) is 0 Å². The standard InChI is InChI=1S/C52H91O12P/c1-3-5-7-9-11-13-15-17-19-20-21-22-23-24-25-26-27-28-30-32-34-36-38-40-42-61-43-45(44-62-65(59,60)64-52-50(57)48(55)47(54)49(56)51(52)58)63-46(53)41-39-37-35-33-31-29-18-16-14-12-10-8-6-4-2/h5,7,10-13,16-19,21-22,45,47-52,54-58H,3-4,6,8-9,14-15,20,23-44H2,1-2H3,(H,59,60)/b7-5-,12-10-,13-11-,18-16-,19-17-,22-21-. The molecule has 376 valence electrons. The van der Waals surface area contributed by atoms with Crippen molar-refractivity contribution >= 4 is 13.8 Å². The molecule has 1 aliphatic rings. The number of rotatable bonds is 42. The highest BCUT2D eigenvalue weighted by atomic mass is 31.2. The molecule has 6 N–H and O–H groups in total. The van der Waals surface area contributed by atoms with Gasteiger partial charge in [-0.1, -0.05) is 177 Å². The summed E-state index contributed by atoms with van der Waals surface area (Å²) < 4.78 is 34.2. The van der Waals surface area contributed by atoms with Gasteiger partial charge >= 0.3 is 13.8 Å². The Morgan fingerprint density at radius 2 is 0.908 bits per heavy atom. The van der Waals surface area contributed by atoms with E-state index in [0.29, 0.717) is 13.0 Å². The van der Waals surface area contributed by atoms with Crippen molar-refractivity contribution in [2.75, 3.05) is 19.8 Å². The van der Waals surface area contributed by atoms with Crippen molar-refractivity contribution < 1.29 is 58.3 Å². The molecule has 0 amide bonds. The zero-order chi connectivity index (χ0) is 47.6. The number of esters is 1.